The summed E-state index contributed by atoms with van der Waals surface area (Å²) in [6.07, 6.45) is -7.87. The fourth-order valence-corrected chi connectivity index (χ4v) is 4.26. The number of rotatable bonds is 5. The van der Waals surface area contributed by atoms with Gasteiger partial charge in [0, 0.05) is 17.9 Å². The van der Waals surface area contributed by atoms with Gasteiger partial charge in [-0.3, -0.25) is 0 Å². The number of hydrogen-bond donors (Lipinski definition) is 4. The molecule has 0 spiro atoms. The number of methoxy groups -OCH3 is 3. The van der Waals surface area contributed by atoms with E-state index in [9.17, 15) is 30.0 Å². The minimum absolute atomic E-state index is 0.0682. The summed E-state index contributed by atoms with van der Waals surface area (Å²) in [5.74, 6) is -0.923. The molecule has 2 aromatic heterocycles. The molecule has 1 fully saturated rings. The molecule has 1 aliphatic heterocycles. The fourth-order valence-electron chi connectivity index (χ4n) is 4.26. The molecule has 1 aliphatic rings. The van der Waals surface area contributed by atoms with E-state index in [-0.39, 0.29) is 50.0 Å². The lowest BCUT2D eigenvalue weighted by atomic mass is 10.0. The molecule has 186 valence electrons. The van der Waals surface area contributed by atoms with Crippen molar-refractivity contribution in [3.63, 3.8) is 0 Å². The van der Waals surface area contributed by atoms with Crippen LogP contribution in [0.5, 0.6) is 23.0 Å². The monoisotopic (exact) mass is 492 g/mol. The Labute approximate surface area is 194 Å². The molecular weight excluding hydrogens is 472 g/mol. The third-order valence-corrected chi connectivity index (χ3v) is 5.91. The first-order valence-electron chi connectivity index (χ1n) is 10.2. The highest BCUT2D eigenvalue weighted by Gasteiger charge is 2.45. The van der Waals surface area contributed by atoms with Crippen molar-refractivity contribution in [3.05, 3.63) is 33.0 Å². The van der Waals surface area contributed by atoms with Crippen LogP contribution >= 0.6 is 0 Å². The van der Waals surface area contributed by atoms with E-state index in [1.54, 1.807) is 0 Å². The van der Waals surface area contributed by atoms with Gasteiger partial charge in [-0.05, 0) is 12.1 Å². The first-order chi connectivity index (χ1) is 16.7. The maximum atomic E-state index is 12.9. The molecule has 3 heterocycles. The van der Waals surface area contributed by atoms with Crippen molar-refractivity contribution in [2.45, 2.75) is 30.9 Å². The Morgan fingerprint density at radius 3 is 1.89 bits per heavy atom. The summed E-state index contributed by atoms with van der Waals surface area (Å²) in [4.78, 5) is 25.7. The topological polar surface area (TPSA) is 187 Å². The zero-order valence-corrected chi connectivity index (χ0v) is 18.5. The minimum atomic E-state index is -1.72. The highest BCUT2D eigenvalue weighted by atomic mass is 16.8. The smallest absolute Gasteiger partial charge is 0.344 e. The van der Waals surface area contributed by atoms with Crippen molar-refractivity contribution < 1.29 is 52.9 Å². The Bertz CT molecular complexity index is 1530. The van der Waals surface area contributed by atoms with Crippen LogP contribution in [0.15, 0.2) is 30.6 Å². The molecule has 4 aromatic rings. The highest BCUT2D eigenvalue weighted by molar-refractivity contribution is 6.22. The molecule has 4 N–H and O–H groups in total. The van der Waals surface area contributed by atoms with Gasteiger partial charge in [0.05, 0.1) is 25.0 Å². The molecule has 13 nitrogen and oxygen atoms in total. The van der Waals surface area contributed by atoms with Crippen LogP contribution in [0.2, 0.25) is 0 Å². The Morgan fingerprint density at radius 2 is 1.31 bits per heavy atom. The van der Waals surface area contributed by atoms with E-state index in [1.165, 1.54) is 27.4 Å². The number of hydrogen-bond acceptors (Lipinski definition) is 13. The highest BCUT2D eigenvalue weighted by Crippen LogP contribution is 2.46. The van der Waals surface area contributed by atoms with Crippen molar-refractivity contribution in [3.8, 4) is 23.0 Å². The Hall–Kier alpha value is -3.62. The van der Waals surface area contributed by atoms with Gasteiger partial charge in [-0.1, -0.05) is 0 Å². The van der Waals surface area contributed by atoms with Gasteiger partial charge >= 0.3 is 11.3 Å². The van der Waals surface area contributed by atoms with Crippen LogP contribution < -0.4 is 25.5 Å². The van der Waals surface area contributed by atoms with Crippen molar-refractivity contribution in [1.29, 1.82) is 0 Å². The molecule has 0 radical (unpaired) electrons. The number of phenols is 1. The molecule has 0 aliphatic carbocycles. The standard InChI is InChI=1S/C22H20O13/c1-29-15-8(23)4-6-10-11-7(20(28)33-17(10)15)5-9(16(30-2)18(11)34-19(6)27)32-22-14(26)12(24)13(25)21(31-3)35-22/h4-5,12-14,21-26H,1-3H3. The van der Waals surface area contributed by atoms with Crippen LogP contribution in [0.3, 0.4) is 0 Å². The summed E-state index contributed by atoms with van der Waals surface area (Å²) in [5, 5.41) is 40.8. The van der Waals surface area contributed by atoms with Gasteiger partial charge in [0.2, 0.25) is 17.8 Å². The van der Waals surface area contributed by atoms with Crippen LogP contribution in [0.4, 0.5) is 0 Å². The van der Waals surface area contributed by atoms with Crippen LogP contribution in [0.1, 0.15) is 0 Å². The van der Waals surface area contributed by atoms with E-state index < -0.39 is 47.9 Å². The molecule has 13 heteroatoms. The predicted octanol–water partition coefficient (Wildman–Crippen LogP) is 0.00350. The number of phenolic OH excluding ortho intramolecular Hbond substituents is 1. The summed E-state index contributed by atoms with van der Waals surface area (Å²) < 4.78 is 37.4. The summed E-state index contributed by atoms with van der Waals surface area (Å²) in [6, 6.07) is 2.35. The Morgan fingerprint density at radius 1 is 0.771 bits per heavy atom. The third kappa shape index (κ3) is 3.28. The summed E-state index contributed by atoms with van der Waals surface area (Å²) in [5.41, 5.74) is -2.11. The van der Waals surface area contributed by atoms with Gasteiger partial charge in [-0.15, -0.1) is 0 Å². The van der Waals surface area contributed by atoms with Crippen LogP contribution in [-0.2, 0) is 9.47 Å². The molecule has 0 amide bonds. The van der Waals surface area contributed by atoms with Gasteiger partial charge < -0.3 is 52.9 Å². The summed E-state index contributed by atoms with van der Waals surface area (Å²) in [6.45, 7) is 0. The number of aromatic hydroxyl groups is 1. The molecule has 0 saturated carbocycles. The Balaban J connectivity index is 1.77. The van der Waals surface area contributed by atoms with Gasteiger partial charge in [-0.25, -0.2) is 9.59 Å². The zero-order valence-electron chi connectivity index (χ0n) is 18.5. The Kier molecular flexibility index (Phi) is 5.45. The first-order valence-corrected chi connectivity index (χ1v) is 10.2. The van der Waals surface area contributed by atoms with Gasteiger partial charge in [0.1, 0.15) is 18.3 Å². The molecule has 35 heavy (non-hydrogen) atoms. The number of aliphatic hydroxyl groups is 3. The van der Waals surface area contributed by atoms with E-state index >= 15 is 0 Å². The van der Waals surface area contributed by atoms with Gasteiger partial charge in [0.25, 0.3) is 0 Å². The second kappa shape index (κ2) is 8.25. The van der Waals surface area contributed by atoms with E-state index in [0.29, 0.717) is 0 Å². The number of benzene rings is 2. The summed E-state index contributed by atoms with van der Waals surface area (Å²) >= 11 is 0. The molecule has 5 rings (SSSR count). The lowest BCUT2D eigenvalue weighted by Gasteiger charge is -2.39. The van der Waals surface area contributed by atoms with Crippen LogP contribution in [0.25, 0.3) is 32.7 Å². The number of aliphatic hydroxyl groups excluding tert-OH is 3. The maximum Gasteiger partial charge on any atom is 0.344 e. The average Bonchev–Trinajstić information content (AvgIpc) is 2.83. The number of ether oxygens (including phenoxy) is 5. The maximum absolute atomic E-state index is 12.9. The van der Waals surface area contributed by atoms with E-state index in [2.05, 4.69) is 0 Å². The van der Waals surface area contributed by atoms with E-state index in [0.717, 1.165) is 6.07 Å². The summed E-state index contributed by atoms with van der Waals surface area (Å²) in [7, 11) is 3.73. The lowest BCUT2D eigenvalue weighted by Crippen LogP contribution is -2.59. The SMILES string of the molecule is COc1c(O)cc2c(=O)oc3c(OC)c(OC4OC(OC)C(O)C(O)C4O)cc4c(=O)oc1c2c34. The molecule has 5 unspecified atom stereocenters. The zero-order chi connectivity index (χ0) is 25.2. The van der Waals surface area contributed by atoms with Crippen molar-refractivity contribution >= 4 is 32.7 Å². The predicted molar refractivity (Wildman–Crippen MR) is 116 cm³/mol. The van der Waals surface area contributed by atoms with Crippen molar-refractivity contribution in [2.75, 3.05) is 21.3 Å². The van der Waals surface area contributed by atoms with Crippen molar-refractivity contribution in [2.24, 2.45) is 0 Å². The van der Waals surface area contributed by atoms with Crippen molar-refractivity contribution in [1.82, 2.24) is 0 Å². The normalized spacial score (nSPS) is 24.9. The second-order valence-electron chi connectivity index (χ2n) is 7.82. The second-order valence-corrected chi connectivity index (χ2v) is 7.82. The van der Waals surface area contributed by atoms with Gasteiger partial charge in [-0.2, -0.15) is 0 Å². The minimum Gasteiger partial charge on any atom is -0.504 e. The molecule has 1 saturated heterocycles. The third-order valence-electron chi connectivity index (χ3n) is 5.91. The molecule has 0 bridgehead atoms. The van der Waals surface area contributed by atoms with E-state index in [4.69, 9.17) is 32.5 Å². The quantitative estimate of drug-likeness (QED) is 0.216. The van der Waals surface area contributed by atoms with E-state index in [1.807, 2.05) is 0 Å². The molecular formula is C22H20O13. The lowest BCUT2D eigenvalue weighted by molar-refractivity contribution is -0.327. The molecule has 5 atom stereocenters. The first kappa shape index (κ1) is 23.1. The average molecular weight is 492 g/mol. The van der Waals surface area contributed by atoms with Crippen LogP contribution in [0, 0.1) is 0 Å². The van der Waals surface area contributed by atoms with Gasteiger partial charge in [0.15, 0.2) is 29.0 Å². The largest absolute Gasteiger partial charge is 0.504 e. The molecule has 2 aromatic carbocycles. The fraction of sp³-hybridized carbons (Fsp3) is 0.364. The van der Waals surface area contributed by atoms with Crippen LogP contribution in [-0.4, -0.2) is 72.6 Å².